The van der Waals surface area contributed by atoms with Gasteiger partial charge in [0.15, 0.2) is 5.76 Å². The lowest BCUT2D eigenvalue weighted by atomic mass is 9.91. The number of carbonyl (C=O) groups excluding carboxylic acids is 1. The lowest BCUT2D eigenvalue weighted by molar-refractivity contribution is -0.140. The number of rotatable bonds is 7. The first-order chi connectivity index (χ1) is 18.9. The number of aromatic nitrogens is 1. The van der Waals surface area contributed by atoms with Crippen molar-refractivity contribution in [3.63, 3.8) is 0 Å². The fourth-order valence-electron chi connectivity index (χ4n) is 5.29. The maximum Gasteiger partial charge on any atom is 0.412 e. The van der Waals surface area contributed by atoms with Gasteiger partial charge in [0.2, 0.25) is 0 Å². The Morgan fingerprint density at radius 3 is 2.56 bits per heavy atom. The molecule has 0 radical (unpaired) electrons. The molecule has 4 aromatic rings. The third-order valence-corrected chi connectivity index (χ3v) is 7.92. The van der Waals surface area contributed by atoms with Crippen LogP contribution in [0.1, 0.15) is 42.6 Å². The summed E-state index contributed by atoms with van der Waals surface area (Å²) in [5.74, 6) is -0.342. The highest BCUT2D eigenvalue weighted by atomic mass is 35.5. The number of benzene rings is 3. The molecule has 3 aromatic carbocycles. The minimum absolute atomic E-state index is 0.391. The van der Waals surface area contributed by atoms with Crippen LogP contribution in [0, 0.1) is 0 Å². The average molecular weight is 544 g/mol. The Bertz CT molecular complexity index is 1580. The lowest BCUT2D eigenvalue weighted by Gasteiger charge is -2.16. The fourth-order valence-corrected chi connectivity index (χ4v) is 5.58. The minimum atomic E-state index is -0.761. The Balaban J connectivity index is 1.24. The van der Waals surface area contributed by atoms with Gasteiger partial charge in [-0.25, -0.2) is 4.79 Å². The van der Waals surface area contributed by atoms with E-state index in [-0.39, 0.29) is 0 Å². The van der Waals surface area contributed by atoms with E-state index in [1.54, 1.807) is 13.0 Å². The quantitative estimate of drug-likeness (QED) is 0.229. The molecule has 1 amide bonds. The number of anilines is 2. The summed E-state index contributed by atoms with van der Waals surface area (Å²) in [5, 5.41) is 20.2. The number of nitrogens with one attached hydrogen (secondary N) is 2. The molecule has 1 aromatic heterocycles. The smallest absolute Gasteiger partial charge is 0.412 e. The number of halogens is 1. The largest absolute Gasteiger partial charge is 0.481 e. The maximum atomic E-state index is 12.7. The molecule has 1 atom stereocenters. The standard InChI is InChI=1S/C30H26ClN3O5/c1-17(20-4-2-3-5-24(20)31)38-29(37)34-25-16-33-39-27(25)23-11-10-21(22-12-15-32-26(22)23)18-6-8-19(9-7-18)30(13-14-30)28(35)36/h2-11,16-17,32H,12-15H2,1H3,(H,34,37)(H,35,36). The Morgan fingerprint density at radius 1 is 1.10 bits per heavy atom. The van der Waals surface area contributed by atoms with Gasteiger partial charge in [-0.1, -0.05) is 65.3 Å². The van der Waals surface area contributed by atoms with Crippen LogP contribution in [0.2, 0.25) is 5.02 Å². The summed E-state index contributed by atoms with van der Waals surface area (Å²) in [6, 6.07) is 19.0. The van der Waals surface area contributed by atoms with Crippen molar-refractivity contribution in [3.8, 4) is 22.5 Å². The van der Waals surface area contributed by atoms with E-state index >= 15 is 0 Å². The summed E-state index contributed by atoms with van der Waals surface area (Å²) in [7, 11) is 0. The number of carboxylic acid groups (broad SMARTS) is 1. The van der Waals surface area contributed by atoms with E-state index in [2.05, 4.69) is 15.8 Å². The Morgan fingerprint density at radius 2 is 1.85 bits per heavy atom. The van der Waals surface area contributed by atoms with E-state index in [1.807, 2.05) is 54.6 Å². The van der Waals surface area contributed by atoms with E-state index < -0.39 is 23.6 Å². The number of hydrogen-bond acceptors (Lipinski definition) is 6. The second kappa shape index (κ2) is 9.78. The molecule has 3 N–H and O–H groups in total. The molecule has 198 valence electrons. The number of nitrogens with zero attached hydrogens (tertiary/aromatic N) is 1. The highest BCUT2D eigenvalue weighted by Crippen LogP contribution is 2.49. The molecule has 2 heterocycles. The molecular weight excluding hydrogens is 518 g/mol. The fraction of sp³-hybridized carbons (Fsp3) is 0.233. The predicted octanol–water partition coefficient (Wildman–Crippen LogP) is 7.06. The molecule has 1 saturated carbocycles. The molecule has 1 fully saturated rings. The van der Waals surface area contributed by atoms with Crippen LogP contribution in [0.15, 0.2) is 71.4 Å². The zero-order chi connectivity index (χ0) is 27.1. The van der Waals surface area contributed by atoms with Crippen molar-refractivity contribution in [1.29, 1.82) is 0 Å². The average Bonchev–Trinajstić information content (AvgIpc) is 3.38. The van der Waals surface area contributed by atoms with Crippen molar-refractivity contribution in [3.05, 3.63) is 88.6 Å². The number of carbonyl (C=O) groups is 2. The van der Waals surface area contributed by atoms with Crippen molar-refractivity contribution >= 4 is 35.0 Å². The van der Waals surface area contributed by atoms with Crippen LogP contribution in [0.5, 0.6) is 0 Å². The molecule has 0 bridgehead atoms. The summed E-state index contributed by atoms with van der Waals surface area (Å²) < 4.78 is 11.1. The highest BCUT2D eigenvalue weighted by molar-refractivity contribution is 6.31. The third-order valence-electron chi connectivity index (χ3n) is 7.58. The number of hydrogen-bond donors (Lipinski definition) is 3. The first-order valence-electron chi connectivity index (χ1n) is 12.8. The Hall–Kier alpha value is -4.30. The molecule has 6 rings (SSSR count). The van der Waals surface area contributed by atoms with Gasteiger partial charge in [0.05, 0.1) is 11.6 Å². The molecule has 1 unspecified atom stereocenters. The zero-order valence-corrected chi connectivity index (χ0v) is 21.9. The van der Waals surface area contributed by atoms with Crippen molar-refractivity contribution in [2.24, 2.45) is 0 Å². The van der Waals surface area contributed by atoms with Gasteiger partial charge in [-0.2, -0.15) is 0 Å². The molecule has 2 aliphatic rings. The zero-order valence-electron chi connectivity index (χ0n) is 21.2. The number of ether oxygens (including phenoxy) is 1. The number of amides is 1. The SMILES string of the molecule is CC(OC(=O)Nc1cnoc1-c1ccc(-c2ccc(C3(C(=O)O)CC3)cc2)c2c1NCC2)c1ccccc1Cl. The van der Waals surface area contributed by atoms with E-state index in [4.69, 9.17) is 20.9 Å². The summed E-state index contributed by atoms with van der Waals surface area (Å²) in [6.45, 7) is 2.51. The van der Waals surface area contributed by atoms with Gasteiger partial charge in [-0.15, -0.1) is 0 Å². The lowest BCUT2D eigenvalue weighted by Crippen LogP contribution is -2.19. The monoisotopic (exact) mass is 543 g/mol. The molecule has 1 aliphatic heterocycles. The van der Waals surface area contributed by atoms with E-state index in [0.717, 1.165) is 46.5 Å². The van der Waals surface area contributed by atoms with Gasteiger partial charge in [0.1, 0.15) is 11.8 Å². The van der Waals surface area contributed by atoms with Crippen LogP contribution in [-0.2, 0) is 21.4 Å². The topological polar surface area (TPSA) is 114 Å². The molecule has 8 nitrogen and oxygen atoms in total. The predicted molar refractivity (Wildman–Crippen MR) is 148 cm³/mol. The summed E-state index contributed by atoms with van der Waals surface area (Å²) >= 11 is 6.24. The number of fused-ring (bicyclic) bond motifs is 1. The second-order valence-corrected chi connectivity index (χ2v) is 10.3. The molecular formula is C30H26ClN3O5. The molecule has 39 heavy (non-hydrogen) atoms. The third kappa shape index (κ3) is 4.51. The van der Waals surface area contributed by atoms with Crippen LogP contribution in [0.25, 0.3) is 22.5 Å². The number of aliphatic carboxylic acids is 1. The van der Waals surface area contributed by atoms with Crippen LogP contribution >= 0.6 is 11.6 Å². The Kier molecular flexibility index (Phi) is 6.27. The first-order valence-corrected chi connectivity index (χ1v) is 13.2. The van der Waals surface area contributed by atoms with Gasteiger partial charge in [-0.05, 0) is 60.6 Å². The second-order valence-electron chi connectivity index (χ2n) is 9.92. The van der Waals surface area contributed by atoms with Gasteiger partial charge >= 0.3 is 12.1 Å². The highest BCUT2D eigenvalue weighted by Gasteiger charge is 2.51. The maximum absolute atomic E-state index is 12.7. The normalized spacial score (nSPS) is 15.6. The van der Waals surface area contributed by atoms with E-state index in [0.29, 0.717) is 34.9 Å². The molecule has 0 spiro atoms. The molecule has 1 aliphatic carbocycles. The van der Waals surface area contributed by atoms with Crippen LogP contribution in [0.4, 0.5) is 16.2 Å². The van der Waals surface area contributed by atoms with Gasteiger partial charge in [0, 0.05) is 28.4 Å². The minimum Gasteiger partial charge on any atom is -0.481 e. The molecule has 0 saturated heterocycles. The van der Waals surface area contributed by atoms with E-state index in [9.17, 15) is 14.7 Å². The summed E-state index contributed by atoms with van der Waals surface area (Å²) in [4.78, 5) is 24.4. The van der Waals surface area contributed by atoms with Crippen LogP contribution in [-0.4, -0.2) is 28.9 Å². The van der Waals surface area contributed by atoms with Gasteiger partial charge < -0.3 is 19.7 Å². The van der Waals surface area contributed by atoms with Crippen molar-refractivity contribution < 1.29 is 24.0 Å². The number of carboxylic acids is 1. The van der Waals surface area contributed by atoms with Crippen LogP contribution < -0.4 is 10.6 Å². The van der Waals surface area contributed by atoms with Crippen molar-refractivity contribution in [2.45, 2.75) is 37.7 Å². The summed E-state index contributed by atoms with van der Waals surface area (Å²) in [6.07, 6.45) is 2.41. The van der Waals surface area contributed by atoms with Crippen molar-refractivity contribution in [2.75, 3.05) is 17.2 Å². The van der Waals surface area contributed by atoms with E-state index in [1.165, 1.54) is 6.20 Å². The first kappa shape index (κ1) is 25.0. The van der Waals surface area contributed by atoms with Gasteiger partial charge in [-0.3, -0.25) is 10.1 Å². The summed E-state index contributed by atoms with van der Waals surface area (Å²) in [5.41, 5.74) is 6.11. The van der Waals surface area contributed by atoms with Gasteiger partial charge in [0.25, 0.3) is 0 Å². The van der Waals surface area contributed by atoms with Crippen LogP contribution in [0.3, 0.4) is 0 Å². The molecule has 9 heteroatoms. The Labute approximate surface area is 229 Å². The van der Waals surface area contributed by atoms with Crippen molar-refractivity contribution in [1.82, 2.24) is 5.16 Å².